The number of aliphatic hydroxyl groups is 2. The van der Waals surface area contributed by atoms with Gasteiger partial charge in [-0.2, -0.15) is 0 Å². The van der Waals surface area contributed by atoms with Gasteiger partial charge in [0.2, 0.25) is 5.91 Å². The van der Waals surface area contributed by atoms with Crippen LogP contribution in [0.5, 0.6) is 0 Å². The molecule has 84 heavy (non-hydrogen) atoms. The number of amides is 1. The van der Waals surface area contributed by atoms with E-state index in [1.807, 2.05) is 6.08 Å². The molecule has 2 unspecified atom stereocenters. The molecule has 0 aliphatic heterocycles. The Hall–Kier alpha value is -1.66. The lowest BCUT2D eigenvalue weighted by Gasteiger charge is -2.20. The van der Waals surface area contributed by atoms with Gasteiger partial charge in [-0.3, -0.25) is 9.59 Å². The number of rotatable bonds is 73. The molecule has 0 rings (SSSR count). The summed E-state index contributed by atoms with van der Waals surface area (Å²) in [5.41, 5.74) is 0. The highest BCUT2D eigenvalue weighted by atomic mass is 16.5. The monoisotopic (exact) mass is 1180 g/mol. The van der Waals surface area contributed by atoms with Crippen molar-refractivity contribution in [2.45, 2.75) is 450 Å². The van der Waals surface area contributed by atoms with Gasteiger partial charge in [0.1, 0.15) is 0 Å². The van der Waals surface area contributed by atoms with Crippen molar-refractivity contribution in [3.8, 4) is 0 Å². The van der Waals surface area contributed by atoms with E-state index in [-0.39, 0.29) is 18.5 Å². The first kappa shape index (κ1) is 82.3. The van der Waals surface area contributed by atoms with Gasteiger partial charge in [0.15, 0.2) is 0 Å². The quantitative estimate of drug-likeness (QED) is 0.0320. The molecular weight excluding hydrogens is 1030 g/mol. The van der Waals surface area contributed by atoms with Crippen LogP contribution < -0.4 is 5.32 Å². The van der Waals surface area contributed by atoms with E-state index in [0.29, 0.717) is 19.4 Å². The second-order valence-corrected chi connectivity index (χ2v) is 26.7. The Morgan fingerprint density at radius 3 is 0.845 bits per heavy atom. The number of hydrogen-bond acceptors (Lipinski definition) is 5. The van der Waals surface area contributed by atoms with Crippen molar-refractivity contribution in [2.24, 2.45) is 0 Å². The van der Waals surface area contributed by atoms with Crippen molar-refractivity contribution in [3.63, 3.8) is 0 Å². The summed E-state index contributed by atoms with van der Waals surface area (Å²) in [7, 11) is 0. The number of ether oxygens (including phenoxy) is 1. The lowest BCUT2D eigenvalue weighted by molar-refractivity contribution is -0.143. The van der Waals surface area contributed by atoms with Gasteiger partial charge in [0.25, 0.3) is 0 Å². The summed E-state index contributed by atoms with van der Waals surface area (Å²) in [6, 6.07) is -0.630. The Bertz CT molecular complexity index is 1320. The zero-order valence-electron chi connectivity index (χ0n) is 57.2. The minimum atomic E-state index is -0.846. The van der Waals surface area contributed by atoms with Gasteiger partial charge in [-0.25, -0.2) is 0 Å². The third-order valence-corrected chi connectivity index (χ3v) is 18.2. The molecular formula is C78H151NO5. The largest absolute Gasteiger partial charge is 0.466 e. The van der Waals surface area contributed by atoms with Crippen molar-refractivity contribution in [3.05, 3.63) is 24.3 Å². The fraction of sp³-hybridized carbons (Fsp3) is 0.923. The molecule has 0 aromatic carbocycles. The molecule has 3 N–H and O–H groups in total. The molecule has 0 spiro atoms. The Kier molecular flexibility index (Phi) is 72.3. The number of aliphatic hydroxyl groups excluding tert-OH is 2. The zero-order valence-corrected chi connectivity index (χ0v) is 57.2. The van der Waals surface area contributed by atoms with E-state index in [1.165, 1.54) is 372 Å². The van der Waals surface area contributed by atoms with Crippen molar-refractivity contribution < 1.29 is 24.5 Å². The number of carbonyl (C=O) groups is 2. The number of nitrogens with one attached hydrogen (secondary N) is 1. The van der Waals surface area contributed by atoms with Gasteiger partial charge in [-0.05, 0) is 57.8 Å². The molecule has 0 saturated carbocycles. The summed E-state index contributed by atoms with van der Waals surface area (Å²) in [4.78, 5) is 24.7. The maximum absolute atomic E-state index is 12.5. The van der Waals surface area contributed by atoms with Gasteiger partial charge >= 0.3 is 5.97 Å². The first-order chi connectivity index (χ1) is 41.5. The number of carbonyl (C=O) groups excluding carboxylic acids is 2. The third kappa shape index (κ3) is 69.4. The molecule has 0 heterocycles. The van der Waals surface area contributed by atoms with Gasteiger partial charge in [0.05, 0.1) is 25.4 Å². The van der Waals surface area contributed by atoms with Crippen molar-refractivity contribution in [2.75, 3.05) is 13.2 Å². The summed E-state index contributed by atoms with van der Waals surface area (Å²) in [5, 5.41) is 23.3. The first-order valence-electron chi connectivity index (χ1n) is 38.6. The minimum Gasteiger partial charge on any atom is -0.466 e. The van der Waals surface area contributed by atoms with E-state index in [4.69, 9.17) is 4.74 Å². The Balaban J connectivity index is 3.39. The van der Waals surface area contributed by atoms with Crippen LogP contribution in [0.4, 0.5) is 0 Å². The number of hydrogen-bond donors (Lipinski definition) is 3. The van der Waals surface area contributed by atoms with E-state index in [9.17, 15) is 19.8 Å². The van der Waals surface area contributed by atoms with E-state index in [0.717, 1.165) is 38.5 Å². The second-order valence-electron chi connectivity index (χ2n) is 26.7. The van der Waals surface area contributed by atoms with Gasteiger partial charge in [-0.15, -0.1) is 0 Å². The molecule has 0 fully saturated rings. The lowest BCUT2D eigenvalue weighted by Crippen LogP contribution is -2.45. The average molecular weight is 1180 g/mol. The maximum atomic E-state index is 12.5. The molecule has 2 atom stereocenters. The summed E-state index contributed by atoms with van der Waals surface area (Å²) in [6.07, 6.45) is 94.3. The third-order valence-electron chi connectivity index (χ3n) is 18.2. The SMILES string of the molecule is CCCCCCCCCCCCCCCCCCCCCCC/C=C/C(O)C(CO)NC(=O)CCCCCCCCCCCCC/C=C\CCCCCCCCCCCCCCOC(=O)CCCCCCCCCCCCCCCCCCC. The number of esters is 1. The normalized spacial score (nSPS) is 12.6. The number of unbranched alkanes of at least 4 members (excludes halogenated alkanes) is 60. The van der Waals surface area contributed by atoms with E-state index >= 15 is 0 Å². The fourth-order valence-electron chi connectivity index (χ4n) is 12.3. The number of allylic oxidation sites excluding steroid dienone is 3. The molecule has 0 aromatic rings. The van der Waals surface area contributed by atoms with Gasteiger partial charge < -0.3 is 20.3 Å². The van der Waals surface area contributed by atoms with Crippen molar-refractivity contribution in [1.29, 1.82) is 0 Å². The predicted molar refractivity (Wildman–Crippen MR) is 370 cm³/mol. The highest BCUT2D eigenvalue weighted by Crippen LogP contribution is 2.20. The Morgan fingerprint density at radius 1 is 0.321 bits per heavy atom. The minimum absolute atomic E-state index is 0.0198. The topological polar surface area (TPSA) is 95.9 Å². The average Bonchev–Trinajstić information content (AvgIpc) is 3.50. The van der Waals surface area contributed by atoms with E-state index < -0.39 is 12.1 Å². The Morgan fingerprint density at radius 2 is 0.560 bits per heavy atom. The van der Waals surface area contributed by atoms with E-state index in [1.54, 1.807) is 6.08 Å². The molecule has 498 valence electrons. The van der Waals surface area contributed by atoms with Crippen LogP contribution in [0.1, 0.15) is 438 Å². The summed E-state index contributed by atoms with van der Waals surface area (Å²) < 4.78 is 5.51. The molecule has 0 saturated heterocycles. The highest BCUT2D eigenvalue weighted by Gasteiger charge is 2.18. The predicted octanol–water partition coefficient (Wildman–Crippen LogP) is 25.3. The molecule has 6 nitrogen and oxygen atoms in total. The maximum Gasteiger partial charge on any atom is 0.305 e. The van der Waals surface area contributed by atoms with Gasteiger partial charge in [-0.1, -0.05) is 391 Å². The van der Waals surface area contributed by atoms with E-state index in [2.05, 4.69) is 31.3 Å². The molecule has 6 heteroatoms. The molecule has 1 amide bonds. The van der Waals surface area contributed by atoms with Crippen LogP contribution >= 0.6 is 0 Å². The smallest absolute Gasteiger partial charge is 0.305 e. The van der Waals surface area contributed by atoms with Crippen LogP contribution in [0, 0.1) is 0 Å². The van der Waals surface area contributed by atoms with Crippen LogP contribution in [0.2, 0.25) is 0 Å². The van der Waals surface area contributed by atoms with Crippen LogP contribution in [-0.2, 0) is 14.3 Å². The van der Waals surface area contributed by atoms with Crippen molar-refractivity contribution >= 4 is 11.9 Å². The first-order valence-corrected chi connectivity index (χ1v) is 38.6. The van der Waals surface area contributed by atoms with Crippen molar-refractivity contribution in [1.82, 2.24) is 5.32 Å². The van der Waals surface area contributed by atoms with Crippen LogP contribution in [0.25, 0.3) is 0 Å². The summed E-state index contributed by atoms with van der Waals surface area (Å²) >= 11 is 0. The summed E-state index contributed by atoms with van der Waals surface area (Å²) in [6.45, 7) is 4.96. The standard InChI is InChI=1S/C78H151NO5/c1-3-5-7-9-11-13-15-17-19-21-22-23-29-32-35-39-42-46-50-54-58-62-66-70-76(81)75(74-80)79-77(82)71-67-63-59-55-51-47-43-40-36-33-30-27-25-24-26-28-31-34-37-41-45-49-53-57-61-65-69-73-84-78(83)72-68-64-60-56-52-48-44-38-20-18-16-14-12-10-8-6-4-2/h24-25,66,70,75-76,80-81H,3-23,26-65,67-69,71-74H2,1-2H3,(H,79,82)/b25-24-,70-66+. The molecule has 0 bridgehead atoms. The van der Waals surface area contributed by atoms with Crippen LogP contribution in [0.15, 0.2) is 24.3 Å². The molecule has 0 aliphatic carbocycles. The van der Waals surface area contributed by atoms with Crippen LogP contribution in [-0.4, -0.2) is 47.4 Å². The highest BCUT2D eigenvalue weighted by molar-refractivity contribution is 5.76. The molecule has 0 aromatic heterocycles. The lowest BCUT2D eigenvalue weighted by atomic mass is 10.0. The second kappa shape index (κ2) is 73.8. The summed E-state index contributed by atoms with van der Waals surface area (Å²) in [5.74, 6) is -0.0441. The van der Waals surface area contributed by atoms with Gasteiger partial charge in [0, 0.05) is 12.8 Å². The molecule has 0 aliphatic rings. The fourth-order valence-corrected chi connectivity index (χ4v) is 12.3. The van der Waals surface area contributed by atoms with Crippen LogP contribution in [0.3, 0.4) is 0 Å². The Labute approximate surface area is 526 Å². The molecule has 0 radical (unpaired) electrons. The zero-order chi connectivity index (χ0) is 60.6.